The quantitative estimate of drug-likeness (QED) is 0.380. The number of aliphatic imine (C=N–C) groups is 1. The normalized spacial score (nSPS) is 22.8. The van der Waals surface area contributed by atoms with Gasteiger partial charge in [-0.1, -0.05) is 76.9 Å². The minimum atomic E-state index is -0.645. The summed E-state index contributed by atoms with van der Waals surface area (Å²) in [6.45, 7) is 13.5. The van der Waals surface area contributed by atoms with Crippen molar-refractivity contribution >= 4 is 40.7 Å². The maximum Gasteiger partial charge on any atom is 0.275 e. The summed E-state index contributed by atoms with van der Waals surface area (Å²) < 4.78 is 0. The van der Waals surface area contributed by atoms with Crippen LogP contribution in [0.15, 0.2) is 47.5 Å². The molecule has 0 saturated heterocycles. The van der Waals surface area contributed by atoms with Crippen LogP contribution in [-0.2, 0) is 4.79 Å². The van der Waals surface area contributed by atoms with E-state index in [-0.39, 0.29) is 22.8 Å². The number of halogens is 2. The first-order valence-electron chi connectivity index (χ1n) is 13.9. The van der Waals surface area contributed by atoms with E-state index in [4.69, 9.17) is 33.9 Å². The zero-order valence-electron chi connectivity index (χ0n) is 24.0. The molecule has 1 atom stereocenters. The lowest BCUT2D eigenvalue weighted by Crippen LogP contribution is -2.51. The summed E-state index contributed by atoms with van der Waals surface area (Å²) in [5.74, 6) is -0.00582. The summed E-state index contributed by atoms with van der Waals surface area (Å²) in [6, 6.07) is 12.4. The number of amides is 2. The Balaban J connectivity index is 1.82. The number of carbonyl (C=O) groups excluding carboxylic acids is 2. The molecule has 2 N–H and O–H groups in total. The first kappa shape index (κ1) is 29.6. The second kappa shape index (κ2) is 10.9. The fourth-order valence-corrected chi connectivity index (χ4v) is 6.63. The highest BCUT2D eigenvalue weighted by Gasteiger charge is 2.52. The van der Waals surface area contributed by atoms with Gasteiger partial charge in [0.15, 0.2) is 0 Å². The van der Waals surface area contributed by atoms with Crippen molar-refractivity contribution in [3.63, 3.8) is 0 Å². The van der Waals surface area contributed by atoms with Crippen LogP contribution in [0, 0.1) is 16.7 Å². The van der Waals surface area contributed by atoms with Gasteiger partial charge >= 0.3 is 0 Å². The van der Waals surface area contributed by atoms with Gasteiger partial charge in [-0.05, 0) is 91.2 Å². The second-order valence-electron chi connectivity index (χ2n) is 13.5. The van der Waals surface area contributed by atoms with Crippen LogP contribution < -0.4 is 5.73 Å². The summed E-state index contributed by atoms with van der Waals surface area (Å²) in [7, 11) is 0. The minimum absolute atomic E-state index is 0.0788. The highest BCUT2D eigenvalue weighted by atomic mass is 35.5. The van der Waals surface area contributed by atoms with Crippen LogP contribution in [0.2, 0.25) is 10.0 Å². The number of benzene rings is 2. The van der Waals surface area contributed by atoms with E-state index in [1.54, 1.807) is 30.3 Å². The fraction of sp³-hybridized carbons (Fsp3) is 0.531. The predicted molar refractivity (Wildman–Crippen MR) is 160 cm³/mol. The Hall–Kier alpha value is -2.37. The van der Waals surface area contributed by atoms with E-state index in [2.05, 4.69) is 41.5 Å². The van der Waals surface area contributed by atoms with Gasteiger partial charge in [0, 0.05) is 21.2 Å². The van der Waals surface area contributed by atoms with Crippen LogP contribution >= 0.6 is 23.2 Å². The largest absolute Gasteiger partial charge is 0.366 e. The van der Waals surface area contributed by atoms with Crippen molar-refractivity contribution in [2.24, 2.45) is 27.5 Å². The average molecular weight is 571 g/mol. The highest BCUT2D eigenvalue weighted by molar-refractivity contribution is 6.47. The average Bonchev–Trinajstić information content (AvgIpc) is 3.10. The third kappa shape index (κ3) is 6.52. The predicted octanol–water partition coefficient (Wildman–Crippen LogP) is 8.22. The maximum absolute atomic E-state index is 14.4. The number of hydrogen-bond acceptors (Lipinski definition) is 3. The molecule has 0 radical (unpaired) electrons. The molecule has 0 unspecified atom stereocenters. The van der Waals surface area contributed by atoms with Crippen molar-refractivity contribution in [2.75, 3.05) is 0 Å². The van der Waals surface area contributed by atoms with Crippen molar-refractivity contribution in [3.05, 3.63) is 69.2 Å². The van der Waals surface area contributed by atoms with Gasteiger partial charge in [-0.3, -0.25) is 14.6 Å². The molecule has 7 heteroatoms. The Labute approximate surface area is 243 Å². The van der Waals surface area contributed by atoms with E-state index in [9.17, 15) is 9.59 Å². The molecule has 2 amide bonds. The lowest BCUT2D eigenvalue weighted by atomic mass is 9.69. The summed E-state index contributed by atoms with van der Waals surface area (Å²) in [4.78, 5) is 33.5. The molecule has 1 aliphatic heterocycles. The Morgan fingerprint density at radius 1 is 1.03 bits per heavy atom. The molecular formula is C32H41Cl2N3O2. The molecule has 5 nitrogen and oxygen atoms in total. The van der Waals surface area contributed by atoms with Crippen LogP contribution in [0.25, 0.3) is 0 Å². The van der Waals surface area contributed by atoms with Crippen LogP contribution in [-0.4, -0.2) is 28.1 Å². The molecule has 2 aromatic rings. The summed E-state index contributed by atoms with van der Waals surface area (Å²) in [5.41, 5.74) is 7.65. The summed E-state index contributed by atoms with van der Waals surface area (Å²) in [5, 5.41) is 0.950. The van der Waals surface area contributed by atoms with Crippen molar-refractivity contribution in [1.29, 1.82) is 0 Å². The Bertz CT molecular complexity index is 1240. The van der Waals surface area contributed by atoms with E-state index in [1.807, 2.05) is 17.0 Å². The van der Waals surface area contributed by atoms with Gasteiger partial charge in [-0.25, -0.2) is 0 Å². The van der Waals surface area contributed by atoms with Crippen LogP contribution in [0.5, 0.6) is 0 Å². The van der Waals surface area contributed by atoms with Crippen molar-refractivity contribution in [2.45, 2.75) is 91.8 Å². The van der Waals surface area contributed by atoms with Gasteiger partial charge in [0.05, 0.1) is 6.04 Å². The topological polar surface area (TPSA) is 75.8 Å². The van der Waals surface area contributed by atoms with E-state index in [0.717, 1.165) is 44.1 Å². The van der Waals surface area contributed by atoms with Gasteiger partial charge in [-0.2, -0.15) is 0 Å². The SMILES string of the molecule is CC(C)(C)CC[C@H](c1ccc(C(N)=O)cc1)N1C(=O)C(c2cc(Cl)cc(Cl)c2)=NC12CCC(C(C)(C)C)CC2. The van der Waals surface area contributed by atoms with Crippen LogP contribution in [0.3, 0.4) is 0 Å². The van der Waals surface area contributed by atoms with Gasteiger partial charge in [0.25, 0.3) is 5.91 Å². The molecular weight excluding hydrogens is 529 g/mol. The summed E-state index contributed by atoms with van der Waals surface area (Å²) in [6.07, 6.45) is 5.26. The molecule has 39 heavy (non-hydrogen) atoms. The lowest BCUT2D eigenvalue weighted by molar-refractivity contribution is -0.134. The molecule has 4 rings (SSSR count). The summed E-state index contributed by atoms with van der Waals surface area (Å²) >= 11 is 12.7. The van der Waals surface area contributed by atoms with Gasteiger partial charge in [0.1, 0.15) is 11.4 Å². The standard InChI is InChI=1S/C32H41Cl2N3O2/c1-30(2,3)14-13-26(20-7-9-21(10-8-20)28(35)38)37-29(39)27(22-17-24(33)19-25(34)18-22)36-32(37)15-11-23(12-16-32)31(4,5)6/h7-10,17-19,23,26H,11-16H2,1-6H3,(H2,35,38)/t23?,26-,32?/m1/s1. The molecule has 0 bridgehead atoms. The molecule has 1 spiro atoms. The number of rotatable bonds is 6. The van der Waals surface area contributed by atoms with E-state index >= 15 is 0 Å². The lowest BCUT2D eigenvalue weighted by Gasteiger charge is -2.47. The molecule has 1 saturated carbocycles. The number of nitrogens with zero attached hydrogens (tertiary/aromatic N) is 2. The third-order valence-electron chi connectivity index (χ3n) is 8.40. The first-order chi connectivity index (χ1) is 18.1. The third-order valence-corrected chi connectivity index (χ3v) is 8.83. The van der Waals surface area contributed by atoms with Crippen molar-refractivity contribution < 1.29 is 9.59 Å². The molecule has 0 aromatic heterocycles. The first-order valence-corrected chi connectivity index (χ1v) is 14.6. The fourth-order valence-electron chi connectivity index (χ4n) is 6.11. The molecule has 210 valence electrons. The smallest absolute Gasteiger partial charge is 0.275 e. The number of nitrogens with two attached hydrogens (primary N) is 1. The maximum atomic E-state index is 14.4. The van der Waals surface area contributed by atoms with E-state index < -0.39 is 11.6 Å². The molecule has 2 aliphatic rings. The zero-order chi connectivity index (χ0) is 28.8. The Morgan fingerprint density at radius 3 is 2.08 bits per heavy atom. The zero-order valence-corrected chi connectivity index (χ0v) is 25.5. The highest BCUT2D eigenvalue weighted by Crippen LogP contribution is 2.50. The van der Waals surface area contributed by atoms with Gasteiger partial charge < -0.3 is 10.6 Å². The van der Waals surface area contributed by atoms with Crippen molar-refractivity contribution in [3.8, 4) is 0 Å². The Morgan fingerprint density at radius 2 is 1.59 bits per heavy atom. The Kier molecular flexibility index (Phi) is 8.27. The molecule has 1 aliphatic carbocycles. The molecule has 2 aromatic carbocycles. The van der Waals surface area contributed by atoms with Gasteiger partial charge in [0.2, 0.25) is 5.91 Å². The minimum Gasteiger partial charge on any atom is -0.366 e. The van der Waals surface area contributed by atoms with E-state index in [0.29, 0.717) is 32.8 Å². The van der Waals surface area contributed by atoms with Crippen molar-refractivity contribution in [1.82, 2.24) is 4.90 Å². The monoisotopic (exact) mass is 569 g/mol. The van der Waals surface area contributed by atoms with Gasteiger partial charge in [-0.15, -0.1) is 0 Å². The second-order valence-corrected chi connectivity index (χ2v) is 14.4. The van der Waals surface area contributed by atoms with E-state index in [1.165, 1.54) is 0 Å². The number of primary amides is 1. The molecule has 1 fully saturated rings. The molecule has 1 heterocycles. The van der Waals surface area contributed by atoms with Crippen LogP contribution in [0.1, 0.15) is 108 Å². The number of hydrogen-bond donors (Lipinski definition) is 1. The number of carbonyl (C=O) groups is 2. The van der Waals surface area contributed by atoms with Crippen LogP contribution in [0.4, 0.5) is 0 Å².